The highest BCUT2D eigenvalue weighted by Gasteiger charge is 2.42. The Labute approximate surface area is 213 Å². The maximum Gasteiger partial charge on any atom is 0.431 e. The molecule has 1 aromatic heterocycles. The monoisotopic (exact) mass is 520 g/mol. The van der Waals surface area contributed by atoms with Crippen LogP contribution >= 0.6 is 11.6 Å². The van der Waals surface area contributed by atoms with E-state index in [4.69, 9.17) is 16.3 Å². The van der Waals surface area contributed by atoms with Crippen molar-refractivity contribution in [1.29, 1.82) is 0 Å². The Balaban J connectivity index is 1.82. The van der Waals surface area contributed by atoms with E-state index in [1.165, 1.54) is 18.9 Å². The highest BCUT2D eigenvalue weighted by Crippen LogP contribution is 2.46. The number of benzene rings is 2. The van der Waals surface area contributed by atoms with Gasteiger partial charge in [-0.1, -0.05) is 60.5 Å². The molecule has 5 nitrogen and oxygen atoms in total. The minimum atomic E-state index is -4.69. The lowest BCUT2D eigenvalue weighted by Crippen LogP contribution is -2.46. The van der Waals surface area contributed by atoms with Crippen molar-refractivity contribution in [2.24, 2.45) is 5.41 Å². The second-order valence-electron chi connectivity index (χ2n) is 9.47. The van der Waals surface area contributed by atoms with Gasteiger partial charge in [0.15, 0.2) is 0 Å². The number of rotatable bonds is 7. The minimum Gasteiger partial charge on any atom is -0.396 e. The molecular formula is C27H28ClF3N2O3. The molecule has 0 radical (unpaired) electrons. The van der Waals surface area contributed by atoms with Crippen LogP contribution in [0.4, 0.5) is 18.0 Å². The van der Waals surface area contributed by atoms with Gasteiger partial charge in [-0.05, 0) is 48.6 Å². The number of aromatic nitrogens is 1. The third-order valence-corrected chi connectivity index (χ3v) is 7.11. The first-order valence-corrected chi connectivity index (χ1v) is 12.1. The molecule has 0 unspecified atom stereocenters. The second kappa shape index (κ2) is 10.2. The third kappa shape index (κ3) is 5.25. The zero-order valence-corrected chi connectivity index (χ0v) is 20.9. The summed E-state index contributed by atoms with van der Waals surface area (Å²) in [5.74, 6) is -0.186. The number of aliphatic hydroxyl groups excluding tert-OH is 1. The van der Waals surface area contributed by atoms with Gasteiger partial charge in [-0.3, -0.25) is 0 Å². The molecule has 0 bridgehead atoms. The molecule has 1 heterocycles. The van der Waals surface area contributed by atoms with Gasteiger partial charge in [0.2, 0.25) is 5.88 Å². The largest absolute Gasteiger partial charge is 0.431 e. The summed E-state index contributed by atoms with van der Waals surface area (Å²) in [6.45, 7) is 1.42. The molecular weight excluding hydrogens is 493 g/mol. The Hall–Kier alpha value is -2.97. The number of carbonyl (C=O) groups excluding carboxylic acids is 1. The number of aliphatic hydroxyl groups is 1. The van der Waals surface area contributed by atoms with E-state index in [-0.39, 0.29) is 36.7 Å². The van der Waals surface area contributed by atoms with Crippen molar-refractivity contribution >= 4 is 17.7 Å². The molecule has 1 amide bonds. The molecule has 1 N–H and O–H groups in total. The van der Waals surface area contributed by atoms with Gasteiger partial charge in [-0.25, -0.2) is 4.79 Å². The topological polar surface area (TPSA) is 54.7 Å². The fraction of sp³-hybridized carbons (Fsp3) is 0.370. The van der Waals surface area contributed by atoms with E-state index in [1.807, 2.05) is 0 Å². The zero-order valence-electron chi connectivity index (χ0n) is 20.1. The molecule has 192 valence electrons. The lowest BCUT2D eigenvalue weighted by atomic mass is 9.69. The van der Waals surface area contributed by atoms with Gasteiger partial charge >= 0.3 is 12.3 Å². The second-order valence-corrected chi connectivity index (χ2v) is 9.90. The normalized spacial score (nSPS) is 14.9. The fourth-order valence-electron chi connectivity index (χ4n) is 4.83. The molecule has 0 atom stereocenters. The Morgan fingerprint density at radius 1 is 1.14 bits per heavy atom. The number of alkyl halides is 3. The van der Waals surface area contributed by atoms with Gasteiger partial charge in [0.25, 0.3) is 0 Å². The van der Waals surface area contributed by atoms with Crippen LogP contribution in [-0.2, 0) is 12.7 Å². The summed E-state index contributed by atoms with van der Waals surface area (Å²) in [7, 11) is 1.53. The molecule has 36 heavy (non-hydrogen) atoms. The van der Waals surface area contributed by atoms with Gasteiger partial charge in [0.1, 0.15) is 5.69 Å². The number of hydrogen-bond donors (Lipinski definition) is 1. The van der Waals surface area contributed by atoms with Crippen molar-refractivity contribution in [2.45, 2.75) is 38.9 Å². The van der Waals surface area contributed by atoms with E-state index in [1.54, 1.807) is 54.6 Å². The summed E-state index contributed by atoms with van der Waals surface area (Å²) >= 11 is 6.02. The molecule has 0 saturated heterocycles. The average molecular weight is 521 g/mol. The Kier molecular flexibility index (Phi) is 7.38. The Bertz CT molecular complexity index is 1210. The Morgan fingerprint density at radius 3 is 2.31 bits per heavy atom. The molecule has 0 aliphatic heterocycles. The molecule has 1 aliphatic carbocycles. The summed E-state index contributed by atoms with van der Waals surface area (Å²) in [6.07, 6.45) is -2.97. The van der Waals surface area contributed by atoms with Crippen LogP contribution in [0.15, 0.2) is 54.6 Å². The van der Waals surface area contributed by atoms with Gasteiger partial charge in [0.05, 0.1) is 13.2 Å². The first-order valence-electron chi connectivity index (χ1n) is 11.7. The predicted molar refractivity (Wildman–Crippen MR) is 132 cm³/mol. The highest BCUT2D eigenvalue weighted by molar-refractivity contribution is 6.30. The lowest BCUT2D eigenvalue weighted by Gasteiger charge is -2.42. The fourth-order valence-corrected chi connectivity index (χ4v) is 4.96. The van der Waals surface area contributed by atoms with Gasteiger partial charge in [0, 0.05) is 29.6 Å². The van der Waals surface area contributed by atoms with E-state index < -0.39 is 23.4 Å². The average Bonchev–Trinajstić information content (AvgIpc) is 3.08. The summed E-state index contributed by atoms with van der Waals surface area (Å²) in [6, 6.07) is 15.1. The van der Waals surface area contributed by atoms with Crippen LogP contribution in [0.2, 0.25) is 5.02 Å². The van der Waals surface area contributed by atoms with Gasteiger partial charge in [-0.2, -0.15) is 13.2 Å². The van der Waals surface area contributed by atoms with Crippen LogP contribution in [0, 0.1) is 12.3 Å². The summed E-state index contributed by atoms with van der Waals surface area (Å²) in [4.78, 5) is 14.5. The molecule has 3 aromatic rings. The van der Waals surface area contributed by atoms with Crippen molar-refractivity contribution < 1.29 is 27.8 Å². The van der Waals surface area contributed by atoms with Gasteiger partial charge in [-0.15, -0.1) is 0 Å². The molecule has 1 aliphatic rings. The van der Waals surface area contributed by atoms with Crippen molar-refractivity contribution in [3.8, 4) is 17.0 Å². The van der Waals surface area contributed by atoms with Gasteiger partial charge < -0.3 is 19.3 Å². The Morgan fingerprint density at radius 2 is 1.78 bits per heavy atom. The smallest absolute Gasteiger partial charge is 0.396 e. The summed E-state index contributed by atoms with van der Waals surface area (Å²) in [5, 5.41) is 10.2. The number of halogens is 4. The van der Waals surface area contributed by atoms with Crippen LogP contribution in [-0.4, -0.2) is 40.9 Å². The van der Waals surface area contributed by atoms with Crippen LogP contribution in [0.25, 0.3) is 11.1 Å². The van der Waals surface area contributed by atoms with E-state index in [0.29, 0.717) is 16.1 Å². The van der Waals surface area contributed by atoms with Crippen LogP contribution in [0.1, 0.15) is 36.1 Å². The number of amides is 1. The SMILES string of the molecule is Cc1c(-c2ccc(Cl)cc2)c(OC(=O)N(C)CC2(CO)CCC2)n(Cc2ccccc2)c1C(F)(F)F. The van der Waals surface area contributed by atoms with Crippen LogP contribution in [0.5, 0.6) is 5.88 Å². The van der Waals surface area contributed by atoms with Crippen molar-refractivity contribution in [1.82, 2.24) is 9.47 Å². The maximum absolute atomic E-state index is 14.4. The van der Waals surface area contributed by atoms with E-state index in [2.05, 4.69) is 0 Å². The zero-order chi connectivity index (χ0) is 26.1. The third-order valence-electron chi connectivity index (χ3n) is 6.86. The lowest BCUT2D eigenvalue weighted by molar-refractivity contribution is -0.144. The van der Waals surface area contributed by atoms with Crippen molar-refractivity contribution in [2.75, 3.05) is 20.2 Å². The molecule has 9 heteroatoms. The first-order chi connectivity index (χ1) is 17.0. The minimum absolute atomic E-state index is 0.0444. The number of carbonyl (C=O) groups is 1. The molecule has 2 aromatic carbocycles. The molecule has 4 rings (SSSR count). The quantitative estimate of drug-likeness (QED) is 0.374. The number of ether oxygens (including phenoxy) is 1. The van der Waals surface area contributed by atoms with Crippen LogP contribution in [0.3, 0.4) is 0 Å². The van der Waals surface area contributed by atoms with E-state index in [9.17, 15) is 23.1 Å². The number of nitrogens with zero attached hydrogens (tertiary/aromatic N) is 2. The molecule has 1 fully saturated rings. The molecule has 0 spiro atoms. The first kappa shape index (κ1) is 26.1. The highest BCUT2D eigenvalue weighted by atomic mass is 35.5. The maximum atomic E-state index is 14.4. The molecule has 1 saturated carbocycles. The van der Waals surface area contributed by atoms with Crippen molar-refractivity contribution in [3.05, 3.63) is 76.4 Å². The summed E-state index contributed by atoms with van der Waals surface area (Å²) < 4.78 is 49.9. The van der Waals surface area contributed by atoms with Crippen LogP contribution < -0.4 is 4.74 Å². The van der Waals surface area contributed by atoms with Crippen molar-refractivity contribution in [3.63, 3.8) is 0 Å². The predicted octanol–water partition coefficient (Wildman–Crippen LogP) is 6.78. The van der Waals surface area contributed by atoms with E-state index >= 15 is 0 Å². The summed E-state index contributed by atoms with van der Waals surface area (Å²) in [5.41, 5.74) is -0.0708. The number of hydrogen-bond acceptors (Lipinski definition) is 3. The van der Waals surface area contributed by atoms with E-state index in [0.717, 1.165) is 23.8 Å². The standard InChI is InChI=1S/C27H28ClF3N2O3/c1-18-22(20-9-11-21(28)12-10-20)24(36-25(35)32(2)16-26(17-34)13-6-14-26)33(23(18)27(29,30)31)15-19-7-4-3-5-8-19/h3-5,7-12,34H,6,13-17H2,1-2H3.